The zero-order valence-electron chi connectivity index (χ0n) is 11.8. The third-order valence-electron chi connectivity index (χ3n) is 3.59. The van der Waals surface area contributed by atoms with E-state index in [1.165, 1.54) is 12.1 Å². The van der Waals surface area contributed by atoms with Crippen molar-refractivity contribution in [1.29, 1.82) is 0 Å². The van der Waals surface area contributed by atoms with Gasteiger partial charge in [-0.05, 0) is 37.6 Å². The van der Waals surface area contributed by atoms with Crippen molar-refractivity contribution in [2.24, 2.45) is 0 Å². The van der Waals surface area contributed by atoms with E-state index in [9.17, 15) is 4.39 Å². The second kappa shape index (κ2) is 5.45. The van der Waals surface area contributed by atoms with Crippen molar-refractivity contribution in [2.45, 2.75) is 25.3 Å². The Morgan fingerprint density at radius 2 is 2.05 bits per heavy atom. The topological polar surface area (TPSA) is 30.7 Å². The number of imidazole rings is 1. The number of hydrogen-bond acceptors (Lipinski definition) is 2. The standard InChI is InChI=1S/C16H15ClFN3/c1-10(17)16-20-14-8-13(18)5-6-15(14)21(16)11(2)12-4-3-7-19-9-12/h3-11H,1-2H3. The van der Waals surface area contributed by atoms with E-state index in [-0.39, 0.29) is 17.2 Å². The molecule has 3 rings (SSSR count). The SMILES string of the molecule is CC(Cl)c1nc2cc(F)ccc2n1C(C)c1cccnc1. The van der Waals surface area contributed by atoms with Crippen LogP contribution in [0.2, 0.25) is 0 Å². The molecule has 21 heavy (non-hydrogen) atoms. The molecule has 0 spiro atoms. The van der Waals surface area contributed by atoms with E-state index in [1.54, 1.807) is 12.3 Å². The summed E-state index contributed by atoms with van der Waals surface area (Å²) in [5, 5.41) is -0.264. The summed E-state index contributed by atoms with van der Waals surface area (Å²) in [5.41, 5.74) is 2.54. The van der Waals surface area contributed by atoms with Crippen LogP contribution in [0.25, 0.3) is 11.0 Å². The lowest BCUT2D eigenvalue weighted by atomic mass is 10.1. The van der Waals surface area contributed by atoms with Crippen LogP contribution in [0.3, 0.4) is 0 Å². The van der Waals surface area contributed by atoms with Gasteiger partial charge in [-0.1, -0.05) is 6.07 Å². The molecule has 2 heterocycles. The van der Waals surface area contributed by atoms with Crippen molar-refractivity contribution in [1.82, 2.24) is 14.5 Å². The summed E-state index contributed by atoms with van der Waals surface area (Å²) in [7, 11) is 0. The van der Waals surface area contributed by atoms with Crippen LogP contribution in [0.15, 0.2) is 42.7 Å². The molecule has 108 valence electrons. The van der Waals surface area contributed by atoms with Gasteiger partial charge in [0.15, 0.2) is 0 Å². The van der Waals surface area contributed by atoms with Gasteiger partial charge in [0, 0.05) is 18.5 Å². The minimum atomic E-state index is -0.296. The molecule has 0 radical (unpaired) electrons. The molecule has 0 aliphatic rings. The summed E-state index contributed by atoms with van der Waals surface area (Å²) in [4.78, 5) is 8.65. The molecule has 0 aliphatic carbocycles. The highest BCUT2D eigenvalue weighted by molar-refractivity contribution is 6.20. The first-order valence-corrected chi connectivity index (χ1v) is 7.23. The Kier molecular flexibility index (Phi) is 3.64. The van der Waals surface area contributed by atoms with Gasteiger partial charge in [-0.3, -0.25) is 4.98 Å². The van der Waals surface area contributed by atoms with Crippen molar-refractivity contribution < 1.29 is 4.39 Å². The molecule has 3 nitrogen and oxygen atoms in total. The number of aromatic nitrogens is 3. The van der Waals surface area contributed by atoms with E-state index >= 15 is 0 Å². The minimum absolute atomic E-state index is 0.0189. The second-order valence-corrected chi connectivity index (χ2v) is 5.71. The van der Waals surface area contributed by atoms with Gasteiger partial charge in [0.2, 0.25) is 0 Å². The molecular formula is C16H15ClFN3. The van der Waals surface area contributed by atoms with E-state index in [1.807, 2.05) is 29.8 Å². The van der Waals surface area contributed by atoms with Gasteiger partial charge in [-0.15, -0.1) is 11.6 Å². The van der Waals surface area contributed by atoms with Crippen molar-refractivity contribution in [3.8, 4) is 0 Å². The number of rotatable bonds is 3. The predicted octanol–water partition coefficient (Wildman–Crippen LogP) is 4.48. The molecule has 3 aromatic rings. The maximum Gasteiger partial charge on any atom is 0.128 e. The smallest absolute Gasteiger partial charge is 0.128 e. The molecule has 0 saturated heterocycles. The molecule has 0 bridgehead atoms. The van der Waals surface area contributed by atoms with Gasteiger partial charge in [0.1, 0.15) is 11.6 Å². The first-order valence-electron chi connectivity index (χ1n) is 6.79. The van der Waals surface area contributed by atoms with Crippen molar-refractivity contribution in [2.75, 3.05) is 0 Å². The fourth-order valence-electron chi connectivity index (χ4n) is 2.55. The molecular weight excluding hydrogens is 289 g/mol. The number of hydrogen-bond donors (Lipinski definition) is 0. The molecule has 0 saturated carbocycles. The Morgan fingerprint density at radius 1 is 1.24 bits per heavy atom. The van der Waals surface area contributed by atoms with Gasteiger partial charge in [0.25, 0.3) is 0 Å². The molecule has 2 unspecified atom stereocenters. The summed E-state index contributed by atoms with van der Waals surface area (Å²) in [6.45, 7) is 3.93. The van der Waals surface area contributed by atoms with Crippen molar-refractivity contribution >= 4 is 22.6 Å². The number of alkyl halides is 1. The highest BCUT2D eigenvalue weighted by Gasteiger charge is 2.20. The lowest BCUT2D eigenvalue weighted by Crippen LogP contribution is -2.11. The van der Waals surface area contributed by atoms with Gasteiger partial charge in [-0.2, -0.15) is 0 Å². The van der Waals surface area contributed by atoms with Crippen LogP contribution in [0.1, 0.15) is 36.7 Å². The quantitative estimate of drug-likeness (QED) is 0.668. The average Bonchev–Trinajstić information content (AvgIpc) is 2.86. The summed E-state index contributed by atoms with van der Waals surface area (Å²) in [6.07, 6.45) is 3.56. The zero-order valence-corrected chi connectivity index (χ0v) is 12.5. The number of fused-ring (bicyclic) bond motifs is 1. The molecule has 0 amide bonds. The van der Waals surface area contributed by atoms with Crippen LogP contribution < -0.4 is 0 Å². The highest BCUT2D eigenvalue weighted by atomic mass is 35.5. The number of pyridine rings is 1. The summed E-state index contributed by atoms with van der Waals surface area (Å²) >= 11 is 6.26. The summed E-state index contributed by atoms with van der Waals surface area (Å²) in [6, 6.07) is 8.55. The third kappa shape index (κ3) is 2.51. The van der Waals surface area contributed by atoms with Gasteiger partial charge in [0.05, 0.1) is 22.5 Å². The Morgan fingerprint density at radius 3 is 2.71 bits per heavy atom. The average molecular weight is 304 g/mol. The lowest BCUT2D eigenvalue weighted by molar-refractivity contribution is 0.615. The van der Waals surface area contributed by atoms with Gasteiger partial charge < -0.3 is 4.57 Å². The minimum Gasteiger partial charge on any atom is -0.319 e. The van der Waals surface area contributed by atoms with E-state index in [4.69, 9.17) is 11.6 Å². The first kappa shape index (κ1) is 14.0. The Bertz CT molecular complexity index is 768. The Balaban J connectivity index is 2.22. The maximum atomic E-state index is 13.4. The van der Waals surface area contributed by atoms with Crippen LogP contribution in [-0.2, 0) is 0 Å². The third-order valence-corrected chi connectivity index (χ3v) is 3.78. The van der Waals surface area contributed by atoms with Crippen LogP contribution in [0.4, 0.5) is 4.39 Å². The largest absolute Gasteiger partial charge is 0.319 e. The molecule has 0 aliphatic heterocycles. The Hall–Kier alpha value is -1.94. The first-order chi connectivity index (χ1) is 10.1. The van der Waals surface area contributed by atoms with Gasteiger partial charge in [-0.25, -0.2) is 9.37 Å². The molecule has 0 N–H and O–H groups in total. The molecule has 0 fully saturated rings. The second-order valence-electron chi connectivity index (χ2n) is 5.05. The van der Waals surface area contributed by atoms with E-state index in [0.29, 0.717) is 5.52 Å². The van der Waals surface area contributed by atoms with E-state index < -0.39 is 0 Å². The molecule has 1 aromatic carbocycles. The summed E-state index contributed by atoms with van der Waals surface area (Å²) in [5.74, 6) is 0.434. The lowest BCUT2D eigenvalue weighted by Gasteiger charge is -2.18. The summed E-state index contributed by atoms with van der Waals surface area (Å²) < 4.78 is 15.5. The number of benzene rings is 1. The molecule has 2 atom stereocenters. The van der Waals surface area contributed by atoms with Crippen molar-refractivity contribution in [3.05, 3.63) is 59.9 Å². The normalized spacial score (nSPS) is 14.3. The van der Waals surface area contributed by atoms with Crippen LogP contribution >= 0.6 is 11.6 Å². The number of nitrogens with zero attached hydrogens (tertiary/aromatic N) is 3. The molecule has 5 heteroatoms. The van der Waals surface area contributed by atoms with Crippen LogP contribution in [0.5, 0.6) is 0 Å². The number of halogens is 2. The van der Waals surface area contributed by atoms with Crippen LogP contribution in [-0.4, -0.2) is 14.5 Å². The van der Waals surface area contributed by atoms with Crippen molar-refractivity contribution in [3.63, 3.8) is 0 Å². The van der Waals surface area contributed by atoms with Gasteiger partial charge >= 0.3 is 0 Å². The van der Waals surface area contributed by atoms with E-state index in [0.717, 1.165) is 16.9 Å². The maximum absolute atomic E-state index is 13.4. The predicted molar refractivity (Wildman–Crippen MR) is 82.0 cm³/mol. The fourth-order valence-corrected chi connectivity index (χ4v) is 2.70. The Labute approximate surface area is 127 Å². The fraction of sp³-hybridized carbons (Fsp3) is 0.250. The van der Waals surface area contributed by atoms with Crippen LogP contribution in [0, 0.1) is 5.82 Å². The highest BCUT2D eigenvalue weighted by Crippen LogP contribution is 2.31. The monoisotopic (exact) mass is 303 g/mol. The molecule has 2 aromatic heterocycles. The van der Waals surface area contributed by atoms with E-state index in [2.05, 4.69) is 16.9 Å². The zero-order chi connectivity index (χ0) is 15.0.